The van der Waals surface area contributed by atoms with Gasteiger partial charge in [-0.3, -0.25) is 0 Å². The zero-order valence-electron chi connectivity index (χ0n) is 14.0. The monoisotopic (exact) mass is 294 g/mol. The summed E-state index contributed by atoms with van der Waals surface area (Å²) >= 11 is 0. The molecule has 5 nitrogen and oxygen atoms in total. The molecule has 120 valence electrons. The molecule has 1 atom stereocenters. The summed E-state index contributed by atoms with van der Waals surface area (Å²) in [6.45, 7) is 11.7. The first-order chi connectivity index (χ1) is 9.89. The van der Waals surface area contributed by atoms with Gasteiger partial charge in [-0.1, -0.05) is 27.7 Å². The topological polar surface area (TPSA) is 70.1 Å². The van der Waals surface area contributed by atoms with Crippen molar-refractivity contribution in [2.45, 2.75) is 59.5 Å². The average Bonchev–Trinajstić information content (AvgIpc) is 2.41. The molecule has 1 aromatic heterocycles. The molecular formula is C16H30N4O. The Morgan fingerprint density at radius 1 is 1.19 bits per heavy atom. The highest BCUT2D eigenvalue weighted by Crippen LogP contribution is 2.22. The summed E-state index contributed by atoms with van der Waals surface area (Å²) in [5.41, 5.74) is 0.340. The van der Waals surface area contributed by atoms with Crippen LogP contribution in [0.25, 0.3) is 0 Å². The van der Waals surface area contributed by atoms with Gasteiger partial charge < -0.3 is 15.7 Å². The second-order valence-corrected chi connectivity index (χ2v) is 6.28. The molecule has 0 saturated heterocycles. The SMILES string of the molecule is CCCNc1ncnc(NCC(C)(O)CC(C)C)c1CC. The molecule has 1 rings (SSSR count). The molecule has 0 aliphatic heterocycles. The fourth-order valence-electron chi connectivity index (χ4n) is 2.52. The van der Waals surface area contributed by atoms with Gasteiger partial charge in [0.25, 0.3) is 0 Å². The zero-order valence-corrected chi connectivity index (χ0v) is 14.0. The smallest absolute Gasteiger partial charge is 0.134 e. The Hall–Kier alpha value is -1.36. The molecule has 1 heterocycles. The van der Waals surface area contributed by atoms with Crippen LogP contribution >= 0.6 is 0 Å². The van der Waals surface area contributed by atoms with Gasteiger partial charge in [-0.2, -0.15) is 0 Å². The number of nitrogens with zero attached hydrogens (tertiary/aromatic N) is 2. The predicted molar refractivity (Wildman–Crippen MR) is 88.8 cm³/mol. The minimum absolute atomic E-state index is 0.458. The van der Waals surface area contributed by atoms with Crippen molar-refractivity contribution in [3.8, 4) is 0 Å². The Labute approximate surface area is 128 Å². The molecule has 0 aliphatic carbocycles. The summed E-state index contributed by atoms with van der Waals surface area (Å²) in [6, 6.07) is 0. The van der Waals surface area contributed by atoms with E-state index in [4.69, 9.17) is 0 Å². The Kier molecular flexibility index (Phi) is 6.89. The Morgan fingerprint density at radius 2 is 1.81 bits per heavy atom. The molecule has 21 heavy (non-hydrogen) atoms. The lowest BCUT2D eigenvalue weighted by Crippen LogP contribution is -2.35. The van der Waals surface area contributed by atoms with Gasteiger partial charge in [0.15, 0.2) is 0 Å². The molecule has 5 heteroatoms. The van der Waals surface area contributed by atoms with E-state index in [1.807, 2.05) is 6.92 Å². The molecule has 0 spiro atoms. The Balaban J connectivity index is 2.78. The molecule has 0 saturated carbocycles. The van der Waals surface area contributed by atoms with E-state index in [1.54, 1.807) is 6.33 Å². The van der Waals surface area contributed by atoms with Crippen molar-refractivity contribution in [1.82, 2.24) is 9.97 Å². The number of nitrogens with one attached hydrogen (secondary N) is 2. The van der Waals surface area contributed by atoms with E-state index in [1.165, 1.54) is 0 Å². The van der Waals surface area contributed by atoms with Crippen LogP contribution in [0.3, 0.4) is 0 Å². The third-order valence-electron chi connectivity index (χ3n) is 3.33. The van der Waals surface area contributed by atoms with Gasteiger partial charge in [0.05, 0.1) is 5.60 Å². The van der Waals surface area contributed by atoms with Crippen LogP contribution in [0.15, 0.2) is 6.33 Å². The Bertz CT molecular complexity index is 432. The fourth-order valence-corrected chi connectivity index (χ4v) is 2.52. The summed E-state index contributed by atoms with van der Waals surface area (Å²) in [5.74, 6) is 2.16. The van der Waals surface area contributed by atoms with E-state index in [9.17, 15) is 5.11 Å². The van der Waals surface area contributed by atoms with E-state index in [2.05, 4.69) is 48.3 Å². The van der Waals surface area contributed by atoms with Gasteiger partial charge in [0.2, 0.25) is 0 Å². The second kappa shape index (κ2) is 8.17. The summed E-state index contributed by atoms with van der Waals surface area (Å²) in [7, 11) is 0. The highest BCUT2D eigenvalue weighted by Gasteiger charge is 2.22. The first-order valence-corrected chi connectivity index (χ1v) is 7.93. The van der Waals surface area contributed by atoms with Crippen LogP contribution in [0.5, 0.6) is 0 Å². The van der Waals surface area contributed by atoms with Crippen molar-refractivity contribution in [1.29, 1.82) is 0 Å². The van der Waals surface area contributed by atoms with E-state index >= 15 is 0 Å². The van der Waals surface area contributed by atoms with Crippen LogP contribution in [0.4, 0.5) is 11.6 Å². The highest BCUT2D eigenvalue weighted by molar-refractivity contribution is 5.57. The van der Waals surface area contributed by atoms with Crippen molar-refractivity contribution in [2.75, 3.05) is 23.7 Å². The molecule has 0 bridgehead atoms. The number of anilines is 2. The van der Waals surface area contributed by atoms with Crippen molar-refractivity contribution in [2.24, 2.45) is 5.92 Å². The van der Waals surface area contributed by atoms with Crippen LogP contribution in [-0.4, -0.2) is 33.8 Å². The molecule has 0 fully saturated rings. The second-order valence-electron chi connectivity index (χ2n) is 6.28. The lowest BCUT2D eigenvalue weighted by molar-refractivity contribution is 0.0514. The minimum atomic E-state index is -0.735. The summed E-state index contributed by atoms with van der Waals surface area (Å²) in [4.78, 5) is 8.64. The maximum atomic E-state index is 10.4. The molecule has 1 aromatic rings. The standard InChI is InChI=1S/C16H30N4O/c1-6-8-17-14-13(7-2)15(20-11-19-14)18-10-16(5,21)9-12(3)4/h11-12,21H,6-10H2,1-5H3,(H2,17,18,19,20). The molecule has 0 aromatic carbocycles. The number of hydrogen-bond acceptors (Lipinski definition) is 5. The van der Waals surface area contributed by atoms with Gasteiger partial charge >= 0.3 is 0 Å². The van der Waals surface area contributed by atoms with Gasteiger partial charge in [0.1, 0.15) is 18.0 Å². The van der Waals surface area contributed by atoms with Crippen LogP contribution in [0, 0.1) is 5.92 Å². The van der Waals surface area contributed by atoms with Crippen LogP contribution in [-0.2, 0) is 6.42 Å². The lowest BCUT2D eigenvalue weighted by Gasteiger charge is -2.26. The van der Waals surface area contributed by atoms with Crippen molar-refractivity contribution >= 4 is 11.6 Å². The maximum Gasteiger partial charge on any atom is 0.134 e. The highest BCUT2D eigenvalue weighted by atomic mass is 16.3. The number of aromatic nitrogens is 2. The Morgan fingerprint density at radius 3 is 2.33 bits per heavy atom. The largest absolute Gasteiger partial charge is 0.388 e. The third-order valence-corrected chi connectivity index (χ3v) is 3.33. The predicted octanol–water partition coefficient (Wildman–Crippen LogP) is 3.07. The van der Waals surface area contributed by atoms with Crippen molar-refractivity contribution < 1.29 is 5.11 Å². The molecular weight excluding hydrogens is 264 g/mol. The molecule has 0 aliphatic rings. The van der Waals surface area contributed by atoms with Gasteiger partial charge in [-0.25, -0.2) is 9.97 Å². The molecule has 0 amide bonds. The quantitative estimate of drug-likeness (QED) is 0.653. The van der Waals surface area contributed by atoms with E-state index in [-0.39, 0.29) is 0 Å². The van der Waals surface area contributed by atoms with Gasteiger partial charge in [-0.05, 0) is 32.1 Å². The number of rotatable bonds is 9. The maximum absolute atomic E-state index is 10.4. The van der Waals surface area contributed by atoms with Crippen LogP contribution < -0.4 is 10.6 Å². The average molecular weight is 294 g/mol. The summed E-state index contributed by atoms with van der Waals surface area (Å²) < 4.78 is 0. The summed E-state index contributed by atoms with van der Waals surface area (Å²) in [5, 5.41) is 17.0. The zero-order chi connectivity index (χ0) is 15.9. The van der Waals surface area contributed by atoms with Gasteiger partial charge in [-0.15, -0.1) is 0 Å². The summed E-state index contributed by atoms with van der Waals surface area (Å²) in [6.07, 6.45) is 4.23. The minimum Gasteiger partial charge on any atom is -0.388 e. The van der Waals surface area contributed by atoms with E-state index in [0.29, 0.717) is 12.5 Å². The first-order valence-electron chi connectivity index (χ1n) is 7.93. The van der Waals surface area contributed by atoms with Crippen LogP contribution in [0.1, 0.15) is 53.0 Å². The van der Waals surface area contributed by atoms with Crippen LogP contribution in [0.2, 0.25) is 0 Å². The van der Waals surface area contributed by atoms with Gasteiger partial charge in [0, 0.05) is 18.7 Å². The third kappa shape index (κ3) is 5.87. The molecule has 1 unspecified atom stereocenters. The van der Waals surface area contributed by atoms with E-state index in [0.717, 1.165) is 43.0 Å². The van der Waals surface area contributed by atoms with Crippen molar-refractivity contribution in [3.63, 3.8) is 0 Å². The normalized spacial score (nSPS) is 14.0. The molecule has 3 N–H and O–H groups in total. The number of hydrogen-bond donors (Lipinski definition) is 3. The first kappa shape index (κ1) is 17.7. The van der Waals surface area contributed by atoms with Crippen molar-refractivity contribution in [3.05, 3.63) is 11.9 Å². The molecule has 0 radical (unpaired) electrons. The lowest BCUT2D eigenvalue weighted by atomic mass is 9.94. The fraction of sp³-hybridized carbons (Fsp3) is 0.750. The van der Waals surface area contributed by atoms with E-state index < -0.39 is 5.60 Å². The number of aliphatic hydroxyl groups is 1.